The van der Waals surface area contributed by atoms with E-state index in [-0.39, 0.29) is 10.9 Å². The molecule has 3 heterocycles. The Balaban J connectivity index is 1.54. The topological polar surface area (TPSA) is 116 Å². The molecule has 10 heteroatoms. The van der Waals surface area contributed by atoms with Gasteiger partial charge in [0.2, 0.25) is 16.0 Å². The van der Waals surface area contributed by atoms with Gasteiger partial charge in [-0.2, -0.15) is 0 Å². The molecule has 0 saturated heterocycles. The minimum absolute atomic E-state index is 0.0574. The largest absolute Gasteiger partial charge is 0.360 e. The number of sulfonamides is 1. The number of anilines is 3. The van der Waals surface area contributed by atoms with E-state index in [9.17, 15) is 8.42 Å². The van der Waals surface area contributed by atoms with Crippen LogP contribution < -0.4 is 10.6 Å². The number of nitrogens with zero attached hydrogens (tertiary/aromatic N) is 4. The highest BCUT2D eigenvalue weighted by atomic mass is 32.2. The summed E-state index contributed by atoms with van der Waals surface area (Å²) in [5, 5.41) is 6.58. The molecule has 1 unspecified atom stereocenters. The predicted octanol–water partition coefficient (Wildman–Crippen LogP) is 2.60. The molecule has 3 aromatic rings. The van der Waals surface area contributed by atoms with E-state index in [0.717, 1.165) is 35.6 Å². The summed E-state index contributed by atoms with van der Waals surface area (Å²) < 4.78 is 25.6. The first-order chi connectivity index (χ1) is 13.8. The molecule has 9 nitrogen and oxygen atoms in total. The molecule has 0 aliphatic carbocycles. The maximum atomic E-state index is 12.2. The maximum Gasteiger partial charge on any atom is 0.242 e. The first kappa shape index (κ1) is 19.3. The number of fused-ring (bicyclic) bond motifs is 1. The number of H-pyrrole nitrogens is 1. The van der Waals surface area contributed by atoms with Crippen molar-refractivity contribution in [2.75, 3.05) is 24.7 Å². The summed E-state index contributed by atoms with van der Waals surface area (Å²) in [6.45, 7) is 1.99. The Bertz CT molecular complexity index is 1120. The minimum Gasteiger partial charge on any atom is -0.360 e. The zero-order chi connectivity index (χ0) is 20.6. The molecule has 0 bridgehead atoms. The zero-order valence-electron chi connectivity index (χ0n) is 16.5. The first-order valence-electron chi connectivity index (χ1n) is 9.26. The van der Waals surface area contributed by atoms with E-state index in [2.05, 4.69) is 25.6 Å². The van der Waals surface area contributed by atoms with Crippen LogP contribution in [0.4, 0.5) is 17.5 Å². The number of benzene rings is 1. The number of nitrogens with one attached hydrogen (secondary N) is 3. The number of imidazole rings is 1. The quantitative estimate of drug-likeness (QED) is 0.589. The zero-order valence-corrected chi connectivity index (χ0v) is 17.3. The van der Waals surface area contributed by atoms with E-state index >= 15 is 0 Å². The maximum absolute atomic E-state index is 12.2. The molecule has 0 spiro atoms. The van der Waals surface area contributed by atoms with Gasteiger partial charge in [0, 0.05) is 26.0 Å². The van der Waals surface area contributed by atoms with Crippen LogP contribution in [0.5, 0.6) is 0 Å². The van der Waals surface area contributed by atoms with Gasteiger partial charge in [-0.15, -0.1) is 0 Å². The van der Waals surface area contributed by atoms with Crippen molar-refractivity contribution in [3.05, 3.63) is 53.7 Å². The van der Waals surface area contributed by atoms with Gasteiger partial charge in [0.25, 0.3) is 0 Å². The van der Waals surface area contributed by atoms with E-state index in [1.807, 2.05) is 6.92 Å². The Labute approximate surface area is 169 Å². The molecule has 152 valence electrons. The van der Waals surface area contributed by atoms with Crippen LogP contribution in [0, 0.1) is 6.92 Å². The second-order valence-corrected chi connectivity index (χ2v) is 9.32. The van der Waals surface area contributed by atoms with Crippen molar-refractivity contribution < 1.29 is 8.42 Å². The van der Waals surface area contributed by atoms with Gasteiger partial charge in [0.05, 0.1) is 28.7 Å². The molecular formula is C19H23N7O2S. The first-order valence-corrected chi connectivity index (χ1v) is 10.7. The molecule has 1 aliphatic rings. The highest BCUT2D eigenvalue weighted by Crippen LogP contribution is 2.31. The van der Waals surface area contributed by atoms with E-state index < -0.39 is 10.0 Å². The fraction of sp³-hybridized carbons (Fsp3) is 0.316. The number of rotatable bonds is 5. The van der Waals surface area contributed by atoms with E-state index in [4.69, 9.17) is 4.98 Å². The second kappa shape index (κ2) is 7.45. The molecule has 0 amide bonds. The van der Waals surface area contributed by atoms with E-state index in [1.165, 1.54) is 18.4 Å². The fourth-order valence-electron chi connectivity index (χ4n) is 3.29. The van der Waals surface area contributed by atoms with Crippen LogP contribution in [0.1, 0.15) is 29.4 Å². The van der Waals surface area contributed by atoms with Gasteiger partial charge in [-0.25, -0.2) is 27.7 Å². The Morgan fingerprint density at radius 1 is 1.17 bits per heavy atom. The van der Waals surface area contributed by atoms with Gasteiger partial charge in [0.15, 0.2) is 0 Å². The summed E-state index contributed by atoms with van der Waals surface area (Å²) in [5.74, 6) is 1.33. The van der Waals surface area contributed by atoms with E-state index in [1.54, 1.807) is 36.8 Å². The highest BCUT2D eigenvalue weighted by Gasteiger charge is 2.24. The molecule has 4 rings (SSSR count). The van der Waals surface area contributed by atoms with Gasteiger partial charge in [-0.05, 0) is 49.6 Å². The molecule has 1 aromatic carbocycles. The molecule has 1 aliphatic heterocycles. The number of aromatic amines is 1. The summed E-state index contributed by atoms with van der Waals surface area (Å²) in [6.07, 6.45) is 5.29. The van der Waals surface area contributed by atoms with Crippen LogP contribution in [-0.4, -0.2) is 46.8 Å². The van der Waals surface area contributed by atoms with Crippen LogP contribution in [-0.2, 0) is 16.4 Å². The van der Waals surface area contributed by atoms with Crippen molar-refractivity contribution in [1.29, 1.82) is 0 Å². The summed E-state index contributed by atoms with van der Waals surface area (Å²) in [6, 6.07) is 6.59. The Morgan fingerprint density at radius 2 is 1.93 bits per heavy atom. The van der Waals surface area contributed by atoms with Gasteiger partial charge in [0.1, 0.15) is 5.82 Å². The van der Waals surface area contributed by atoms with Crippen LogP contribution in [0.25, 0.3) is 0 Å². The monoisotopic (exact) mass is 413 g/mol. The number of aryl methyl sites for hydroxylation is 2. The van der Waals surface area contributed by atoms with Crippen molar-refractivity contribution in [3.8, 4) is 0 Å². The molecule has 2 aromatic heterocycles. The second-order valence-electron chi connectivity index (χ2n) is 7.16. The van der Waals surface area contributed by atoms with Crippen LogP contribution in [0.15, 0.2) is 41.7 Å². The van der Waals surface area contributed by atoms with Crippen molar-refractivity contribution in [3.63, 3.8) is 0 Å². The van der Waals surface area contributed by atoms with Crippen molar-refractivity contribution in [2.24, 2.45) is 0 Å². The summed E-state index contributed by atoms with van der Waals surface area (Å²) in [4.78, 5) is 16.8. The summed E-state index contributed by atoms with van der Waals surface area (Å²) >= 11 is 0. The third-order valence-corrected chi connectivity index (χ3v) is 6.77. The Kier molecular flexibility index (Phi) is 4.97. The third-order valence-electron chi connectivity index (χ3n) is 4.94. The minimum atomic E-state index is -3.46. The smallest absolute Gasteiger partial charge is 0.242 e. The van der Waals surface area contributed by atoms with Crippen LogP contribution in [0.2, 0.25) is 0 Å². The lowest BCUT2D eigenvalue weighted by atomic mass is 10.00. The highest BCUT2D eigenvalue weighted by molar-refractivity contribution is 7.89. The number of hydrogen-bond donors (Lipinski definition) is 3. The molecular weight excluding hydrogens is 390 g/mol. The molecule has 0 saturated carbocycles. The lowest BCUT2D eigenvalue weighted by Gasteiger charge is -2.24. The van der Waals surface area contributed by atoms with Crippen molar-refractivity contribution in [2.45, 2.75) is 30.7 Å². The molecule has 0 fully saturated rings. The van der Waals surface area contributed by atoms with Crippen molar-refractivity contribution >= 4 is 27.5 Å². The third kappa shape index (κ3) is 3.81. The Hall–Kier alpha value is -2.98. The van der Waals surface area contributed by atoms with Gasteiger partial charge >= 0.3 is 0 Å². The van der Waals surface area contributed by atoms with Crippen molar-refractivity contribution in [1.82, 2.24) is 24.2 Å². The average molecular weight is 414 g/mol. The Morgan fingerprint density at radius 3 is 2.66 bits per heavy atom. The fourth-order valence-corrected chi connectivity index (χ4v) is 4.19. The average Bonchev–Trinajstić information content (AvgIpc) is 3.17. The van der Waals surface area contributed by atoms with Gasteiger partial charge < -0.3 is 15.6 Å². The molecule has 1 atom stereocenters. The van der Waals surface area contributed by atoms with Crippen LogP contribution in [0.3, 0.4) is 0 Å². The lowest BCUT2D eigenvalue weighted by molar-refractivity contribution is 0.521. The SMILES string of the molecule is Cc1cnc(Nc2ccc(S(=O)(=O)N(C)C)cc2)nc1C1CCc2[nH]cnc2N1. The molecule has 0 radical (unpaired) electrons. The normalized spacial score (nSPS) is 16.3. The van der Waals surface area contributed by atoms with Gasteiger partial charge in [-0.3, -0.25) is 0 Å². The summed E-state index contributed by atoms with van der Waals surface area (Å²) in [5.41, 5.74) is 3.74. The summed E-state index contributed by atoms with van der Waals surface area (Å²) in [7, 11) is -0.439. The molecule has 3 N–H and O–H groups in total. The number of hydrogen-bond acceptors (Lipinski definition) is 7. The number of aromatic nitrogens is 4. The standard InChI is InChI=1S/C19H23N7O2S/c1-12-10-20-19(23-13-4-6-14(7-5-13)29(27,28)26(2)3)25-17(12)15-8-9-16-18(24-15)22-11-21-16/h4-7,10-11,15,24H,8-9H2,1-3H3,(H,21,22)(H,20,23,25). The lowest BCUT2D eigenvalue weighted by Crippen LogP contribution is -2.22. The van der Waals surface area contributed by atoms with Crippen LogP contribution >= 0.6 is 0 Å². The van der Waals surface area contributed by atoms with Gasteiger partial charge in [-0.1, -0.05) is 0 Å². The predicted molar refractivity (Wildman–Crippen MR) is 111 cm³/mol. The van der Waals surface area contributed by atoms with E-state index in [0.29, 0.717) is 11.6 Å². The molecule has 29 heavy (non-hydrogen) atoms.